The Morgan fingerprint density at radius 2 is 1.46 bits per heavy atom. The molecule has 0 saturated heterocycles. The first-order chi connectivity index (χ1) is 16.9. The number of imidazole rings is 1. The summed E-state index contributed by atoms with van der Waals surface area (Å²) in [6.07, 6.45) is 2.13. The van der Waals surface area contributed by atoms with E-state index in [0.717, 1.165) is 11.4 Å². The lowest BCUT2D eigenvalue weighted by molar-refractivity contribution is 0.00585. The number of aryl methyl sites for hydroxylation is 1. The summed E-state index contributed by atoms with van der Waals surface area (Å²) in [5, 5.41) is 14.7. The molecule has 8 heteroatoms. The monoisotopic (exact) mass is 497 g/mol. The number of halogens is 3. The van der Waals surface area contributed by atoms with E-state index in [1.165, 1.54) is 24.3 Å². The van der Waals surface area contributed by atoms with Gasteiger partial charge < -0.3 is 19.7 Å². The van der Waals surface area contributed by atoms with E-state index in [-0.39, 0.29) is 30.8 Å². The average Bonchev–Trinajstić information content (AvgIpc) is 3.28. The van der Waals surface area contributed by atoms with Gasteiger partial charge in [0.2, 0.25) is 0 Å². The van der Waals surface area contributed by atoms with E-state index in [2.05, 4.69) is 10.3 Å². The summed E-state index contributed by atoms with van der Waals surface area (Å²) in [7, 11) is 1.91. The van der Waals surface area contributed by atoms with Crippen molar-refractivity contribution in [3.63, 3.8) is 0 Å². The van der Waals surface area contributed by atoms with Crippen LogP contribution >= 0.6 is 11.6 Å². The van der Waals surface area contributed by atoms with Crippen LogP contribution in [-0.2, 0) is 11.8 Å². The summed E-state index contributed by atoms with van der Waals surface area (Å²) >= 11 is 6.05. The molecular weight excluding hydrogens is 472 g/mol. The van der Waals surface area contributed by atoms with Crippen molar-refractivity contribution in [2.75, 3.05) is 13.2 Å². The molecule has 3 aromatic carbocycles. The number of hydrogen-bond acceptors (Lipinski definition) is 4. The zero-order valence-corrected chi connectivity index (χ0v) is 19.9. The highest BCUT2D eigenvalue weighted by atomic mass is 35.5. The van der Waals surface area contributed by atoms with Gasteiger partial charge in [0, 0.05) is 31.0 Å². The third-order valence-corrected chi connectivity index (χ3v) is 5.93. The first-order valence-electron chi connectivity index (χ1n) is 11.2. The topological polar surface area (TPSA) is 59.3 Å². The highest BCUT2D eigenvalue weighted by Gasteiger charge is 2.21. The predicted octanol–water partition coefficient (Wildman–Crippen LogP) is 5.20. The normalized spacial score (nSPS) is 13.2. The lowest BCUT2D eigenvalue weighted by Crippen LogP contribution is -2.35. The van der Waals surface area contributed by atoms with Gasteiger partial charge in [0.1, 0.15) is 23.6 Å². The van der Waals surface area contributed by atoms with Crippen LogP contribution in [0.15, 0.2) is 85.2 Å². The van der Waals surface area contributed by atoms with Gasteiger partial charge in [-0.25, -0.2) is 13.8 Å². The van der Waals surface area contributed by atoms with E-state index >= 15 is 0 Å². The zero-order valence-electron chi connectivity index (χ0n) is 19.1. The van der Waals surface area contributed by atoms with Crippen LogP contribution in [-0.4, -0.2) is 33.9 Å². The van der Waals surface area contributed by atoms with Crippen molar-refractivity contribution in [2.45, 2.75) is 18.2 Å². The lowest BCUT2D eigenvalue weighted by Gasteiger charge is -2.24. The Hall–Kier alpha value is -3.10. The predicted molar refractivity (Wildman–Crippen MR) is 131 cm³/mol. The van der Waals surface area contributed by atoms with Crippen LogP contribution in [0.1, 0.15) is 34.7 Å². The maximum atomic E-state index is 13.4. The number of aliphatic hydroxyl groups is 1. The summed E-state index contributed by atoms with van der Waals surface area (Å²) in [6.45, 7) is 0.222. The van der Waals surface area contributed by atoms with Crippen LogP contribution < -0.4 is 5.32 Å². The van der Waals surface area contributed by atoms with Crippen molar-refractivity contribution < 1.29 is 18.6 Å². The number of nitrogens with one attached hydrogen (secondary N) is 1. The molecule has 0 amide bonds. The van der Waals surface area contributed by atoms with Crippen LogP contribution in [0.4, 0.5) is 8.78 Å². The maximum absolute atomic E-state index is 13.4. The van der Waals surface area contributed by atoms with Gasteiger partial charge in [-0.2, -0.15) is 0 Å². The number of aromatic nitrogens is 2. The van der Waals surface area contributed by atoms with Gasteiger partial charge in [0.05, 0.1) is 18.8 Å². The van der Waals surface area contributed by atoms with E-state index in [9.17, 15) is 13.9 Å². The molecule has 0 aliphatic heterocycles. The molecule has 1 heterocycles. The first kappa shape index (κ1) is 25.0. The molecule has 5 nitrogen and oxygen atoms in total. The molecule has 0 aliphatic rings. The Kier molecular flexibility index (Phi) is 8.25. The Balaban J connectivity index is 1.45. The number of benzene rings is 3. The fraction of sp³-hybridized carbons (Fsp3) is 0.222. The van der Waals surface area contributed by atoms with Crippen molar-refractivity contribution >= 4 is 11.6 Å². The number of nitrogens with zero attached hydrogens (tertiary/aromatic N) is 2. The highest BCUT2D eigenvalue weighted by molar-refractivity contribution is 6.30. The largest absolute Gasteiger partial charge is 0.389 e. The smallest absolute Gasteiger partial charge is 0.130 e. The fourth-order valence-corrected chi connectivity index (χ4v) is 3.97. The molecule has 4 aromatic rings. The number of aliphatic hydroxyl groups excluding tert-OH is 1. The molecule has 2 N–H and O–H groups in total. The minimum Gasteiger partial charge on any atom is -0.389 e. The Labute approximate surface area is 208 Å². The third kappa shape index (κ3) is 6.52. The molecule has 2 unspecified atom stereocenters. The summed E-state index contributed by atoms with van der Waals surface area (Å²) in [5.41, 5.74) is 2.35. The maximum Gasteiger partial charge on any atom is 0.130 e. The van der Waals surface area contributed by atoms with Crippen LogP contribution in [0, 0.1) is 11.6 Å². The van der Waals surface area contributed by atoms with Gasteiger partial charge in [-0.05, 0) is 53.1 Å². The van der Waals surface area contributed by atoms with Gasteiger partial charge >= 0.3 is 0 Å². The quantitative estimate of drug-likeness (QED) is 0.316. The van der Waals surface area contributed by atoms with Gasteiger partial charge in [0.25, 0.3) is 0 Å². The number of hydrogen-bond donors (Lipinski definition) is 2. The standard InChI is InChI=1S/C27H26ClF2N3O2/c1-33-15-14-31-27(33)25(18-2-8-21(28)9-3-18)32-16-24(34)17-35-26(19-4-10-22(29)11-5-19)20-6-12-23(30)13-7-20/h2-15,24-26,32,34H,16-17H2,1H3. The molecule has 182 valence electrons. The van der Waals surface area contributed by atoms with E-state index in [1.54, 1.807) is 30.5 Å². The molecule has 1 aromatic heterocycles. The number of rotatable bonds is 10. The molecule has 0 saturated carbocycles. The van der Waals surface area contributed by atoms with E-state index in [1.807, 2.05) is 42.1 Å². The Morgan fingerprint density at radius 1 is 0.914 bits per heavy atom. The van der Waals surface area contributed by atoms with Crippen LogP contribution in [0.2, 0.25) is 5.02 Å². The second kappa shape index (κ2) is 11.6. The van der Waals surface area contributed by atoms with Crippen molar-refractivity contribution in [3.05, 3.63) is 124 Å². The second-order valence-corrected chi connectivity index (χ2v) is 8.70. The number of ether oxygens (including phenoxy) is 1. The minimum absolute atomic E-state index is 0.000320. The molecule has 0 bridgehead atoms. The zero-order chi connectivity index (χ0) is 24.8. The van der Waals surface area contributed by atoms with Gasteiger partial charge in [-0.3, -0.25) is 0 Å². The lowest BCUT2D eigenvalue weighted by atomic mass is 10.0. The van der Waals surface area contributed by atoms with E-state index < -0.39 is 12.2 Å². The SMILES string of the molecule is Cn1ccnc1C(NCC(O)COC(c1ccc(F)cc1)c1ccc(F)cc1)c1ccc(Cl)cc1. The van der Waals surface area contributed by atoms with E-state index in [0.29, 0.717) is 16.1 Å². The van der Waals surface area contributed by atoms with Gasteiger partial charge in [-0.1, -0.05) is 48.0 Å². The third-order valence-electron chi connectivity index (χ3n) is 5.68. The molecule has 0 aliphatic carbocycles. The van der Waals surface area contributed by atoms with Crippen LogP contribution in [0.25, 0.3) is 0 Å². The molecule has 35 heavy (non-hydrogen) atoms. The fourth-order valence-electron chi connectivity index (χ4n) is 3.85. The second-order valence-electron chi connectivity index (χ2n) is 8.26. The molecule has 4 rings (SSSR count). The Morgan fingerprint density at radius 3 is 1.97 bits per heavy atom. The molecule has 0 spiro atoms. The molecule has 2 atom stereocenters. The summed E-state index contributed by atoms with van der Waals surface area (Å²) in [6, 6.07) is 19.0. The van der Waals surface area contributed by atoms with E-state index in [4.69, 9.17) is 16.3 Å². The average molecular weight is 498 g/mol. The molecule has 0 radical (unpaired) electrons. The van der Waals surface area contributed by atoms with Crippen molar-refractivity contribution in [1.29, 1.82) is 0 Å². The van der Waals surface area contributed by atoms with Crippen molar-refractivity contribution in [3.8, 4) is 0 Å². The molecular formula is C27H26ClF2N3O2. The summed E-state index contributed by atoms with van der Waals surface area (Å²) in [4.78, 5) is 4.45. The van der Waals surface area contributed by atoms with Crippen molar-refractivity contribution in [1.82, 2.24) is 14.9 Å². The summed E-state index contributed by atoms with van der Waals surface area (Å²) in [5.74, 6) is 0.0627. The van der Waals surface area contributed by atoms with Gasteiger partial charge in [0.15, 0.2) is 0 Å². The summed E-state index contributed by atoms with van der Waals surface area (Å²) < 4.78 is 34.9. The van der Waals surface area contributed by atoms with Crippen LogP contribution in [0.3, 0.4) is 0 Å². The van der Waals surface area contributed by atoms with Crippen molar-refractivity contribution in [2.24, 2.45) is 7.05 Å². The van der Waals surface area contributed by atoms with Gasteiger partial charge in [-0.15, -0.1) is 0 Å². The van der Waals surface area contributed by atoms with Crippen LogP contribution in [0.5, 0.6) is 0 Å². The highest BCUT2D eigenvalue weighted by Crippen LogP contribution is 2.27. The Bertz CT molecular complexity index is 1170. The molecule has 0 fully saturated rings. The minimum atomic E-state index is -0.853. The first-order valence-corrected chi connectivity index (χ1v) is 11.5.